The zero-order valence-corrected chi connectivity index (χ0v) is 15.2. The molecule has 1 atom stereocenters. The maximum absolute atomic E-state index is 12.3. The Bertz CT molecular complexity index is 968. The Kier molecular flexibility index (Phi) is 5.44. The predicted octanol–water partition coefficient (Wildman–Crippen LogP) is 1.66. The lowest BCUT2D eigenvalue weighted by atomic mass is 9.99. The first kappa shape index (κ1) is 18.5. The highest BCUT2D eigenvalue weighted by molar-refractivity contribution is 5.80. The van der Waals surface area contributed by atoms with Gasteiger partial charge in [0.15, 0.2) is 0 Å². The second kappa shape index (κ2) is 7.94. The van der Waals surface area contributed by atoms with Crippen LogP contribution in [0.25, 0.3) is 5.78 Å². The van der Waals surface area contributed by atoms with Gasteiger partial charge in [0.05, 0.1) is 5.92 Å². The van der Waals surface area contributed by atoms with Crippen molar-refractivity contribution in [1.29, 1.82) is 0 Å². The number of hydrogen-bond donors (Lipinski definition) is 2. The third-order valence-corrected chi connectivity index (χ3v) is 4.59. The van der Waals surface area contributed by atoms with Crippen molar-refractivity contribution in [2.75, 3.05) is 6.54 Å². The van der Waals surface area contributed by atoms with Gasteiger partial charge in [-0.1, -0.05) is 30.3 Å². The van der Waals surface area contributed by atoms with E-state index in [4.69, 9.17) is 0 Å². The summed E-state index contributed by atoms with van der Waals surface area (Å²) in [6.45, 7) is 3.85. The number of aliphatic carboxylic acids is 1. The summed E-state index contributed by atoms with van der Waals surface area (Å²) in [6, 6.07) is 8.89. The van der Waals surface area contributed by atoms with Gasteiger partial charge in [-0.2, -0.15) is 10.1 Å². The van der Waals surface area contributed by atoms with Gasteiger partial charge in [0.25, 0.3) is 5.78 Å². The largest absolute Gasteiger partial charge is 0.481 e. The van der Waals surface area contributed by atoms with Crippen molar-refractivity contribution >= 4 is 17.7 Å². The molecule has 0 saturated heterocycles. The van der Waals surface area contributed by atoms with Gasteiger partial charge in [-0.05, 0) is 31.4 Å². The highest BCUT2D eigenvalue weighted by Crippen LogP contribution is 2.16. The standard InChI is InChI=1S/C19H21N5O3/c1-12-15(13(2)24-19(23-12)21-11-22-24)8-9-17(25)20-10-16(18(26)27)14-6-4-3-5-7-14/h3-7,11,16H,8-10H2,1-2H3,(H,20,25)(H,26,27). The topological polar surface area (TPSA) is 109 Å². The molecule has 0 aliphatic carbocycles. The molecular formula is C19H21N5O3. The number of nitrogens with one attached hydrogen (secondary N) is 1. The molecule has 140 valence electrons. The van der Waals surface area contributed by atoms with Crippen LogP contribution in [0, 0.1) is 13.8 Å². The highest BCUT2D eigenvalue weighted by atomic mass is 16.4. The first-order valence-corrected chi connectivity index (χ1v) is 8.67. The summed E-state index contributed by atoms with van der Waals surface area (Å²) in [5.41, 5.74) is 3.32. The van der Waals surface area contributed by atoms with Gasteiger partial charge in [0.1, 0.15) is 6.33 Å². The minimum Gasteiger partial charge on any atom is -0.481 e. The first-order chi connectivity index (χ1) is 13.0. The molecule has 3 rings (SSSR count). The van der Waals surface area contributed by atoms with Gasteiger partial charge in [0, 0.05) is 24.4 Å². The summed E-state index contributed by atoms with van der Waals surface area (Å²) >= 11 is 0. The van der Waals surface area contributed by atoms with Crippen molar-refractivity contribution in [3.8, 4) is 0 Å². The predicted molar refractivity (Wildman–Crippen MR) is 98.4 cm³/mol. The fraction of sp³-hybridized carbons (Fsp3) is 0.316. The summed E-state index contributed by atoms with van der Waals surface area (Å²) in [5.74, 6) is -1.40. The summed E-state index contributed by atoms with van der Waals surface area (Å²) in [6.07, 6.45) is 2.18. The van der Waals surface area contributed by atoms with Crippen LogP contribution in [0.1, 0.15) is 34.9 Å². The van der Waals surface area contributed by atoms with Crippen molar-refractivity contribution < 1.29 is 14.7 Å². The van der Waals surface area contributed by atoms with E-state index in [1.165, 1.54) is 6.33 Å². The molecule has 0 aliphatic rings. The molecule has 8 nitrogen and oxygen atoms in total. The lowest BCUT2D eigenvalue weighted by Crippen LogP contribution is -2.32. The van der Waals surface area contributed by atoms with Crippen LogP contribution in [0.4, 0.5) is 0 Å². The molecule has 0 radical (unpaired) electrons. The number of carboxylic acids is 1. The number of fused-ring (bicyclic) bond motifs is 1. The van der Waals surface area contributed by atoms with E-state index in [0.717, 1.165) is 17.0 Å². The third-order valence-electron chi connectivity index (χ3n) is 4.59. The maximum atomic E-state index is 12.3. The highest BCUT2D eigenvalue weighted by Gasteiger charge is 2.20. The monoisotopic (exact) mass is 367 g/mol. The number of carbonyl (C=O) groups excluding carboxylic acids is 1. The van der Waals surface area contributed by atoms with E-state index in [0.29, 0.717) is 17.8 Å². The van der Waals surface area contributed by atoms with Crippen LogP contribution in [0.15, 0.2) is 36.7 Å². The van der Waals surface area contributed by atoms with Gasteiger partial charge in [-0.15, -0.1) is 0 Å². The molecule has 0 spiro atoms. The van der Waals surface area contributed by atoms with Crippen molar-refractivity contribution in [2.24, 2.45) is 0 Å². The molecule has 2 aromatic heterocycles. The van der Waals surface area contributed by atoms with Gasteiger partial charge < -0.3 is 10.4 Å². The Morgan fingerprint density at radius 2 is 1.96 bits per heavy atom. The van der Waals surface area contributed by atoms with Gasteiger partial charge in [-0.3, -0.25) is 9.59 Å². The van der Waals surface area contributed by atoms with E-state index >= 15 is 0 Å². The molecule has 0 fully saturated rings. The van der Waals surface area contributed by atoms with Crippen LogP contribution < -0.4 is 5.32 Å². The maximum Gasteiger partial charge on any atom is 0.312 e. The van der Waals surface area contributed by atoms with Crippen LogP contribution in [-0.4, -0.2) is 43.1 Å². The Balaban J connectivity index is 1.62. The lowest BCUT2D eigenvalue weighted by Gasteiger charge is -2.14. The van der Waals surface area contributed by atoms with Gasteiger partial charge in [0.2, 0.25) is 5.91 Å². The number of rotatable bonds is 7. The number of amides is 1. The summed E-state index contributed by atoms with van der Waals surface area (Å²) in [4.78, 5) is 32.2. The normalized spacial score (nSPS) is 12.1. The second-order valence-electron chi connectivity index (χ2n) is 6.34. The quantitative estimate of drug-likeness (QED) is 0.657. The molecule has 2 heterocycles. The van der Waals surface area contributed by atoms with Crippen LogP contribution in [0.5, 0.6) is 0 Å². The van der Waals surface area contributed by atoms with Crippen LogP contribution in [0.3, 0.4) is 0 Å². The average molecular weight is 367 g/mol. The second-order valence-corrected chi connectivity index (χ2v) is 6.34. The van der Waals surface area contributed by atoms with Gasteiger partial charge in [-0.25, -0.2) is 9.50 Å². The summed E-state index contributed by atoms with van der Waals surface area (Å²) in [7, 11) is 0. The van der Waals surface area contributed by atoms with Crippen molar-refractivity contribution in [3.05, 3.63) is 59.2 Å². The minimum absolute atomic E-state index is 0.0521. The number of aryl methyl sites for hydroxylation is 2. The number of hydrogen-bond acceptors (Lipinski definition) is 5. The lowest BCUT2D eigenvalue weighted by molar-refractivity contribution is -0.138. The SMILES string of the molecule is Cc1nc2ncnn2c(C)c1CCC(=O)NCC(C(=O)O)c1ccccc1. The number of carboxylic acid groups (broad SMARTS) is 1. The third kappa shape index (κ3) is 4.11. The van der Waals surface area contributed by atoms with Gasteiger partial charge >= 0.3 is 5.97 Å². The number of benzene rings is 1. The minimum atomic E-state index is -0.964. The molecule has 0 saturated carbocycles. The molecule has 1 unspecified atom stereocenters. The summed E-state index contributed by atoms with van der Waals surface area (Å²) in [5, 5.41) is 16.3. The average Bonchev–Trinajstić information content (AvgIpc) is 3.11. The van der Waals surface area contributed by atoms with E-state index < -0.39 is 11.9 Å². The molecule has 0 bridgehead atoms. The first-order valence-electron chi connectivity index (χ1n) is 8.67. The fourth-order valence-corrected chi connectivity index (χ4v) is 3.09. The Morgan fingerprint density at radius 3 is 2.67 bits per heavy atom. The zero-order chi connectivity index (χ0) is 19.4. The van der Waals surface area contributed by atoms with Crippen molar-refractivity contribution in [2.45, 2.75) is 32.6 Å². The van der Waals surface area contributed by atoms with Crippen LogP contribution >= 0.6 is 0 Å². The molecule has 2 N–H and O–H groups in total. The fourth-order valence-electron chi connectivity index (χ4n) is 3.09. The molecule has 0 aliphatic heterocycles. The van der Waals surface area contributed by atoms with E-state index in [1.54, 1.807) is 28.8 Å². The molecule has 1 amide bonds. The molecule has 27 heavy (non-hydrogen) atoms. The smallest absolute Gasteiger partial charge is 0.312 e. The van der Waals surface area contributed by atoms with Crippen LogP contribution in [-0.2, 0) is 16.0 Å². The van der Waals surface area contributed by atoms with E-state index in [1.807, 2.05) is 19.9 Å². The van der Waals surface area contributed by atoms with Crippen molar-refractivity contribution in [3.63, 3.8) is 0 Å². The van der Waals surface area contributed by atoms with E-state index in [-0.39, 0.29) is 18.9 Å². The Hall–Kier alpha value is -3.29. The van der Waals surface area contributed by atoms with E-state index in [2.05, 4.69) is 20.4 Å². The molecule has 8 heteroatoms. The Morgan fingerprint density at radius 1 is 1.22 bits per heavy atom. The summed E-state index contributed by atoms with van der Waals surface area (Å²) < 4.78 is 1.65. The molecular weight excluding hydrogens is 346 g/mol. The molecule has 1 aromatic carbocycles. The zero-order valence-electron chi connectivity index (χ0n) is 15.2. The number of aromatic nitrogens is 4. The van der Waals surface area contributed by atoms with Crippen molar-refractivity contribution in [1.82, 2.24) is 24.9 Å². The van der Waals surface area contributed by atoms with E-state index in [9.17, 15) is 14.7 Å². The Labute approximate surface area is 156 Å². The molecule has 3 aromatic rings. The van der Waals surface area contributed by atoms with Crippen LogP contribution in [0.2, 0.25) is 0 Å². The number of carbonyl (C=O) groups is 2. The number of nitrogens with zero attached hydrogens (tertiary/aromatic N) is 4.